The number of hydrogen-bond donors (Lipinski definition) is 1. The first-order valence-corrected chi connectivity index (χ1v) is 12.0. The summed E-state index contributed by atoms with van der Waals surface area (Å²) in [5, 5.41) is 2.71. The number of sulfonamides is 1. The van der Waals surface area contributed by atoms with E-state index in [2.05, 4.69) is 5.32 Å². The highest BCUT2D eigenvalue weighted by atomic mass is 35.5. The molecule has 0 saturated heterocycles. The number of benzene rings is 2. The Labute approximate surface area is 193 Å². The molecule has 0 spiro atoms. The van der Waals surface area contributed by atoms with Gasteiger partial charge in [-0.15, -0.1) is 0 Å². The van der Waals surface area contributed by atoms with Gasteiger partial charge in [-0.25, -0.2) is 8.42 Å². The molecule has 0 aromatic heterocycles. The number of anilines is 1. The molecular weight excluding hydrogens is 461 g/mol. The van der Waals surface area contributed by atoms with E-state index >= 15 is 0 Å². The third-order valence-corrected chi connectivity index (χ3v) is 6.66. The van der Waals surface area contributed by atoms with Crippen LogP contribution in [0.15, 0.2) is 42.5 Å². The summed E-state index contributed by atoms with van der Waals surface area (Å²) in [6, 6.07) is 11.2. The molecule has 0 aliphatic rings. The molecule has 31 heavy (non-hydrogen) atoms. The minimum absolute atomic E-state index is 0.0203. The maximum atomic E-state index is 13.3. The highest BCUT2D eigenvalue weighted by Crippen LogP contribution is 2.33. The van der Waals surface area contributed by atoms with Gasteiger partial charge in [0.05, 0.1) is 22.0 Å². The molecular formula is C21H25Cl2N3O4S. The number of hydrogen-bond acceptors (Lipinski definition) is 4. The van der Waals surface area contributed by atoms with Crippen molar-refractivity contribution in [2.75, 3.05) is 24.2 Å². The molecule has 7 nitrogen and oxygen atoms in total. The van der Waals surface area contributed by atoms with Gasteiger partial charge in [-0.05, 0) is 31.5 Å². The van der Waals surface area contributed by atoms with Crippen molar-refractivity contribution in [1.29, 1.82) is 0 Å². The van der Waals surface area contributed by atoms with E-state index in [0.29, 0.717) is 0 Å². The molecule has 2 aromatic carbocycles. The van der Waals surface area contributed by atoms with Crippen LogP contribution in [0.4, 0.5) is 5.69 Å². The van der Waals surface area contributed by atoms with E-state index in [0.717, 1.165) is 21.7 Å². The lowest BCUT2D eigenvalue weighted by atomic mass is 10.1. The highest BCUT2D eigenvalue weighted by molar-refractivity contribution is 7.92. The molecule has 0 unspecified atom stereocenters. The number of aryl methyl sites for hydroxylation is 1. The monoisotopic (exact) mass is 485 g/mol. The quantitative estimate of drug-likeness (QED) is 0.621. The third-order valence-electron chi connectivity index (χ3n) is 4.73. The van der Waals surface area contributed by atoms with Gasteiger partial charge in [0.25, 0.3) is 0 Å². The Balaban J connectivity index is 2.43. The maximum absolute atomic E-state index is 13.3. The van der Waals surface area contributed by atoms with Gasteiger partial charge >= 0.3 is 0 Å². The van der Waals surface area contributed by atoms with Crippen molar-refractivity contribution in [2.45, 2.75) is 26.4 Å². The van der Waals surface area contributed by atoms with Crippen LogP contribution in [0.2, 0.25) is 10.0 Å². The van der Waals surface area contributed by atoms with E-state index in [1.807, 2.05) is 31.2 Å². The van der Waals surface area contributed by atoms with Crippen molar-refractivity contribution < 1.29 is 18.0 Å². The predicted molar refractivity (Wildman–Crippen MR) is 124 cm³/mol. The summed E-state index contributed by atoms with van der Waals surface area (Å²) in [4.78, 5) is 26.9. The van der Waals surface area contributed by atoms with E-state index in [9.17, 15) is 18.0 Å². The van der Waals surface area contributed by atoms with Crippen LogP contribution in [-0.4, -0.2) is 51.0 Å². The summed E-state index contributed by atoms with van der Waals surface area (Å²) in [6.07, 6.45) is 0.977. The summed E-state index contributed by atoms with van der Waals surface area (Å²) >= 11 is 12.3. The summed E-state index contributed by atoms with van der Waals surface area (Å²) < 4.78 is 25.9. The minimum Gasteiger partial charge on any atom is -0.357 e. The smallest absolute Gasteiger partial charge is 0.244 e. The fraction of sp³-hybridized carbons (Fsp3) is 0.333. The van der Waals surface area contributed by atoms with Crippen molar-refractivity contribution >= 4 is 50.7 Å². The molecule has 0 fully saturated rings. The molecule has 1 atom stereocenters. The normalized spacial score (nSPS) is 12.2. The molecule has 2 amide bonds. The Morgan fingerprint density at radius 1 is 1.13 bits per heavy atom. The van der Waals surface area contributed by atoms with Crippen LogP contribution >= 0.6 is 23.2 Å². The van der Waals surface area contributed by atoms with Crippen LogP contribution in [0, 0.1) is 6.92 Å². The maximum Gasteiger partial charge on any atom is 0.244 e. The molecule has 10 heteroatoms. The molecule has 2 aromatic rings. The topological polar surface area (TPSA) is 86.8 Å². The SMILES string of the molecule is CNC(=O)[C@H](C)N(Cc1cccc(C)c1)C(=O)CN(c1cccc(Cl)c1Cl)S(C)(=O)=O. The fourth-order valence-corrected chi connectivity index (χ4v) is 4.38. The van der Waals surface area contributed by atoms with E-state index in [1.165, 1.54) is 24.1 Å². The molecule has 0 saturated carbocycles. The molecule has 0 aliphatic heterocycles. The largest absolute Gasteiger partial charge is 0.357 e. The molecule has 168 valence electrons. The van der Waals surface area contributed by atoms with Gasteiger partial charge in [0.15, 0.2) is 0 Å². The second kappa shape index (κ2) is 10.3. The van der Waals surface area contributed by atoms with Crippen LogP contribution in [0.3, 0.4) is 0 Å². The van der Waals surface area contributed by atoms with Gasteiger partial charge in [0.1, 0.15) is 12.6 Å². The van der Waals surface area contributed by atoms with E-state index in [1.54, 1.807) is 13.0 Å². The molecule has 0 radical (unpaired) electrons. The van der Waals surface area contributed by atoms with E-state index in [-0.39, 0.29) is 28.2 Å². The lowest BCUT2D eigenvalue weighted by molar-refractivity contribution is -0.139. The first-order chi connectivity index (χ1) is 14.5. The molecule has 2 rings (SSSR count). The van der Waals surface area contributed by atoms with Crippen LogP contribution in [0.5, 0.6) is 0 Å². The Morgan fingerprint density at radius 2 is 1.77 bits per heavy atom. The van der Waals surface area contributed by atoms with Gasteiger partial charge in [-0.1, -0.05) is 59.1 Å². The standard InChI is InChI=1S/C21H25Cl2N3O4S/c1-14-7-5-8-16(11-14)12-25(15(2)21(28)24-3)19(27)13-26(31(4,29)30)18-10-6-9-17(22)20(18)23/h5-11,15H,12-13H2,1-4H3,(H,24,28)/t15-/m0/s1. The number of nitrogens with zero attached hydrogens (tertiary/aromatic N) is 2. The molecule has 0 aliphatic carbocycles. The Bertz CT molecular complexity index is 1080. The summed E-state index contributed by atoms with van der Waals surface area (Å²) in [5.41, 5.74) is 1.91. The highest BCUT2D eigenvalue weighted by Gasteiger charge is 2.30. The zero-order valence-corrected chi connectivity index (χ0v) is 20.1. The van der Waals surface area contributed by atoms with Crippen molar-refractivity contribution in [3.8, 4) is 0 Å². The first kappa shape index (κ1) is 25.0. The fourth-order valence-electron chi connectivity index (χ4n) is 3.08. The number of carbonyl (C=O) groups is 2. The number of likely N-dealkylation sites (N-methyl/N-ethyl adjacent to an activating group) is 1. The summed E-state index contributed by atoms with van der Waals surface area (Å²) in [7, 11) is -2.40. The average molecular weight is 486 g/mol. The first-order valence-electron chi connectivity index (χ1n) is 9.44. The second-order valence-electron chi connectivity index (χ2n) is 7.14. The summed E-state index contributed by atoms with van der Waals surface area (Å²) in [5.74, 6) is -0.924. The lowest BCUT2D eigenvalue weighted by Gasteiger charge is -2.31. The number of nitrogens with one attached hydrogen (secondary N) is 1. The van der Waals surface area contributed by atoms with Crippen LogP contribution in [0.1, 0.15) is 18.1 Å². The number of carbonyl (C=O) groups excluding carboxylic acids is 2. The van der Waals surface area contributed by atoms with Gasteiger partial charge in [-0.2, -0.15) is 0 Å². The predicted octanol–water partition coefficient (Wildman–Crippen LogP) is 3.23. The van der Waals surface area contributed by atoms with Crippen LogP contribution in [-0.2, 0) is 26.2 Å². The zero-order valence-electron chi connectivity index (χ0n) is 17.7. The Hall–Kier alpha value is -2.29. The number of rotatable bonds is 8. The van der Waals surface area contributed by atoms with E-state index < -0.39 is 28.5 Å². The number of amides is 2. The Kier molecular flexibility index (Phi) is 8.34. The molecule has 0 heterocycles. The van der Waals surface area contributed by atoms with Gasteiger partial charge < -0.3 is 10.2 Å². The lowest BCUT2D eigenvalue weighted by Crippen LogP contribution is -2.50. The van der Waals surface area contributed by atoms with Gasteiger partial charge in [-0.3, -0.25) is 13.9 Å². The van der Waals surface area contributed by atoms with Crippen molar-refractivity contribution in [3.05, 3.63) is 63.6 Å². The van der Waals surface area contributed by atoms with Crippen LogP contribution < -0.4 is 9.62 Å². The van der Waals surface area contributed by atoms with Gasteiger partial charge in [0.2, 0.25) is 21.8 Å². The van der Waals surface area contributed by atoms with Crippen molar-refractivity contribution in [3.63, 3.8) is 0 Å². The average Bonchev–Trinajstić information content (AvgIpc) is 2.70. The van der Waals surface area contributed by atoms with Crippen molar-refractivity contribution in [1.82, 2.24) is 10.2 Å². The Morgan fingerprint density at radius 3 is 2.35 bits per heavy atom. The molecule has 0 bridgehead atoms. The second-order valence-corrected chi connectivity index (χ2v) is 9.84. The minimum atomic E-state index is -3.87. The van der Waals surface area contributed by atoms with Gasteiger partial charge in [0, 0.05) is 13.6 Å². The van der Waals surface area contributed by atoms with Crippen LogP contribution in [0.25, 0.3) is 0 Å². The van der Waals surface area contributed by atoms with E-state index in [4.69, 9.17) is 23.2 Å². The zero-order chi connectivity index (χ0) is 23.3. The summed E-state index contributed by atoms with van der Waals surface area (Å²) in [6.45, 7) is 3.11. The molecule has 1 N–H and O–H groups in total. The third kappa shape index (κ3) is 6.35. The van der Waals surface area contributed by atoms with Crippen molar-refractivity contribution in [2.24, 2.45) is 0 Å². The number of halogens is 2.